The van der Waals surface area contributed by atoms with Gasteiger partial charge in [0.25, 0.3) is 0 Å². The van der Waals surface area contributed by atoms with Crippen molar-refractivity contribution in [1.82, 2.24) is 0 Å². The molecule has 10 heteroatoms. The van der Waals surface area contributed by atoms with E-state index in [-0.39, 0.29) is 32.6 Å². The van der Waals surface area contributed by atoms with Crippen LogP contribution in [0.3, 0.4) is 0 Å². The number of carbonyl (C=O) groups excluding carboxylic acids is 2. The standard InChI is InChI=1S/C40H72NO8P/c1-3-5-7-9-11-13-15-16-17-18-19-20-21-22-23-25-27-29-31-33-40(43)49-38(37-48-50(44,45)47-35-34-41)36-46-39(42)32-30-28-26-24-14-12-10-8-6-4-2/h11,13,16-17,19-20,22-23,38H,3-10,12,14-15,18,21,24-37,41H2,1-2H3,(H,44,45)/b13-11+,17-16+,20-19+,23-22+/t38-/m1/s1. The molecule has 1 unspecified atom stereocenters. The van der Waals surface area contributed by atoms with E-state index in [4.69, 9.17) is 24.3 Å². The maximum atomic E-state index is 12.5. The number of rotatable bonds is 36. The maximum Gasteiger partial charge on any atom is 0.472 e. The van der Waals surface area contributed by atoms with Crippen molar-refractivity contribution in [1.29, 1.82) is 0 Å². The van der Waals surface area contributed by atoms with Crippen LogP contribution in [0.1, 0.15) is 162 Å². The molecule has 50 heavy (non-hydrogen) atoms. The Morgan fingerprint density at radius 3 is 1.58 bits per heavy atom. The fourth-order valence-electron chi connectivity index (χ4n) is 5.03. The first-order valence-corrected chi connectivity index (χ1v) is 21.1. The van der Waals surface area contributed by atoms with E-state index in [0.29, 0.717) is 6.42 Å². The molecule has 0 fully saturated rings. The van der Waals surface area contributed by atoms with Crippen LogP contribution < -0.4 is 5.73 Å². The molecule has 9 nitrogen and oxygen atoms in total. The minimum atomic E-state index is -4.38. The lowest BCUT2D eigenvalue weighted by Gasteiger charge is -2.19. The molecule has 0 spiro atoms. The van der Waals surface area contributed by atoms with Crippen molar-refractivity contribution in [2.24, 2.45) is 5.73 Å². The van der Waals surface area contributed by atoms with Crippen LogP contribution in [-0.4, -0.2) is 49.3 Å². The van der Waals surface area contributed by atoms with Crippen molar-refractivity contribution in [2.45, 2.75) is 168 Å². The number of nitrogens with two attached hydrogens (primary N) is 1. The molecule has 0 aliphatic rings. The van der Waals surface area contributed by atoms with Gasteiger partial charge < -0.3 is 20.1 Å². The predicted molar refractivity (Wildman–Crippen MR) is 206 cm³/mol. The van der Waals surface area contributed by atoms with Gasteiger partial charge in [-0.2, -0.15) is 0 Å². The highest BCUT2D eigenvalue weighted by molar-refractivity contribution is 7.47. The largest absolute Gasteiger partial charge is 0.472 e. The summed E-state index contributed by atoms with van der Waals surface area (Å²) in [6.45, 7) is 3.63. The lowest BCUT2D eigenvalue weighted by Crippen LogP contribution is -2.29. The predicted octanol–water partition coefficient (Wildman–Crippen LogP) is 10.8. The van der Waals surface area contributed by atoms with Crippen LogP contribution >= 0.6 is 7.82 Å². The zero-order valence-corrected chi connectivity index (χ0v) is 32.5. The van der Waals surface area contributed by atoms with Crippen molar-refractivity contribution in [3.8, 4) is 0 Å². The number of carbonyl (C=O) groups is 2. The van der Waals surface area contributed by atoms with Gasteiger partial charge in [0.05, 0.1) is 13.2 Å². The third-order valence-electron chi connectivity index (χ3n) is 7.97. The lowest BCUT2D eigenvalue weighted by molar-refractivity contribution is -0.161. The second-order valence-electron chi connectivity index (χ2n) is 12.8. The quantitative estimate of drug-likeness (QED) is 0.0280. The Bertz CT molecular complexity index is 965. The molecule has 0 saturated heterocycles. The summed E-state index contributed by atoms with van der Waals surface area (Å²) < 4.78 is 32.6. The van der Waals surface area contributed by atoms with Gasteiger partial charge in [0.1, 0.15) is 6.61 Å². The molecule has 0 rings (SSSR count). The molecule has 0 aliphatic heterocycles. The fraction of sp³-hybridized carbons (Fsp3) is 0.750. The molecular formula is C40H72NO8P. The Morgan fingerprint density at radius 2 is 1.04 bits per heavy atom. The smallest absolute Gasteiger partial charge is 0.462 e. The molecule has 0 radical (unpaired) electrons. The van der Waals surface area contributed by atoms with E-state index in [1.807, 2.05) is 0 Å². The van der Waals surface area contributed by atoms with Gasteiger partial charge in [-0.25, -0.2) is 4.57 Å². The summed E-state index contributed by atoms with van der Waals surface area (Å²) in [5, 5.41) is 0. The van der Waals surface area contributed by atoms with Crippen molar-refractivity contribution in [3.05, 3.63) is 48.6 Å². The van der Waals surface area contributed by atoms with Gasteiger partial charge in [-0.3, -0.25) is 18.6 Å². The second kappa shape index (κ2) is 36.8. The zero-order chi connectivity index (χ0) is 36.8. The Hall–Kier alpha value is -2.03. The molecule has 0 saturated carbocycles. The SMILES string of the molecule is CCCCC/C=C/C/C=C/C/C=C/C/C=C/CCCCCC(=O)O[C@H](COC(=O)CCCCCCCCCCCC)COP(=O)(O)OCCN. The molecule has 0 aliphatic carbocycles. The number of unbranched alkanes of at least 4 members (excludes halogenated alkanes) is 15. The van der Waals surface area contributed by atoms with Crippen molar-refractivity contribution < 1.29 is 37.6 Å². The molecule has 0 aromatic carbocycles. The van der Waals surface area contributed by atoms with Crippen LogP contribution in [0.15, 0.2) is 48.6 Å². The number of ether oxygens (including phenoxy) is 2. The highest BCUT2D eigenvalue weighted by atomic mass is 31.2. The number of phosphoric ester groups is 1. The topological polar surface area (TPSA) is 134 Å². The summed E-state index contributed by atoms with van der Waals surface area (Å²) >= 11 is 0. The molecular weight excluding hydrogens is 653 g/mol. The van der Waals surface area contributed by atoms with Crippen LogP contribution in [-0.2, 0) is 32.7 Å². The molecule has 3 N–H and O–H groups in total. The minimum absolute atomic E-state index is 0.0469. The molecule has 0 aromatic rings. The lowest BCUT2D eigenvalue weighted by atomic mass is 10.1. The number of phosphoric acid groups is 1. The molecule has 2 atom stereocenters. The number of esters is 2. The van der Waals surface area contributed by atoms with Crippen LogP contribution in [0, 0.1) is 0 Å². The summed E-state index contributed by atoms with van der Waals surface area (Å²) in [6.07, 6.45) is 40.0. The van der Waals surface area contributed by atoms with Crippen LogP contribution in [0.5, 0.6) is 0 Å². The number of allylic oxidation sites excluding steroid dienone is 8. The van der Waals surface area contributed by atoms with Crippen molar-refractivity contribution in [3.63, 3.8) is 0 Å². The molecule has 0 bridgehead atoms. The fourth-order valence-corrected chi connectivity index (χ4v) is 5.79. The van der Waals surface area contributed by atoms with E-state index < -0.39 is 32.5 Å². The van der Waals surface area contributed by atoms with Gasteiger partial charge in [-0.05, 0) is 57.8 Å². The van der Waals surface area contributed by atoms with Gasteiger partial charge in [-0.1, -0.05) is 140 Å². The summed E-state index contributed by atoms with van der Waals surface area (Å²) in [5.74, 6) is -0.869. The Balaban J connectivity index is 4.27. The van der Waals surface area contributed by atoms with Gasteiger partial charge in [0.15, 0.2) is 6.10 Å². The van der Waals surface area contributed by atoms with E-state index in [1.54, 1.807) is 0 Å². The first kappa shape index (κ1) is 48.0. The zero-order valence-electron chi connectivity index (χ0n) is 31.6. The summed E-state index contributed by atoms with van der Waals surface area (Å²) in [5.41, 5.74) is 5.33. The first-order chi connectivity index (χ1) is 24.3. The van der Waals surface area contributed by atoms with Crippen molar-refractivity contribution in [2.75, 3.05) is 26.4 Å². The van der Waals surface area contributed by atoms with Crippen LogP contribution in [0.25, 0.3) is 0 Å². The van der Waals surface area contributed by atoms with E-state index in [0.717, 1.165) is 57.8 Å². The molecule has 0 aromatic heterocycles. The van der Waals surface area contributed by atoms with E-state index in [2.05, 4.69) is 62.5 Å². The summed E-state index contributed by atoms with van der Waals surface area (Å²) in [7, 11) is -4.38. The minimum Gasteiger partial charge on any atom is -0.462 e. The highest BCUT2D eigenvalue weighted by Gasteiger charge is 2.25. The van der Waals surface area contributed by atoms with E-state index >= 15 is 0 Å². The third kappa shape index (κ3) is 35.8. The van der Waals surface area contributed by atoms with Crippen molar-refractivity contribution >= 4 is 19.8 Å². The van der Waals surface area contributed by atoms with E-state index in [1.165, 1.54) is 70.6 Å². The molecule has 0 heterocycles. The average Bonchev–Trinajstić information content (AvgIpc) is 3.10. The third-order valence-corrected chi connectivity index (χ3v) is 8.95. The highest BCUT2D eigenvalue weighted by Crippen LogP contribution is 2.43. The number of hydrogen-bond acceptors (Lipinski definition) is 8. The van der Waals surface area contributed by atoms with Gasteiger partial charge in [-0.15, -0.1) is 0 Å². The monoisotopic (exact) mass is 725 g/mol. The van der Waals surface area contributed by atoms with Gasteiger partial charge in [0, 0.05) is 19.4 Å². The molecule has 290 valence electrons. The second-order valence-corrected chi connectivity index (χ2v) is 14.3. The maximum absolute atomic E-state index is 12.5. The normalized spacial score (nSPS) is 13.9. The first-order valence-electron chi connectivity index (χ1n) is 19.6. The Labute approximate surface area is 305 Å². The van der Waals surface area contributed by atoms with Crippen LogP contribution in [0.2, 0.25) is 0 Å². The number of hydrogen-bond donors (Lipinski definition) is 2. The Morgan fingerprint density at radius 1 is 0.600 bits per heavy atom. The van der Waals surface area contributed by atoms with Gasteiger partial charge >= 0.3 is 19.8 Å². The summed E-state index contributed by atoms with van der Waals surface area (Å²) in [4.78, 5) is 34.7. The average molecular weight is 726 g/mol. The molecule has 0 amide bonds. The Kier molecular flexibility index (Phi) is 35.3. The van der Waals surface area contributed by atoms with E-state index in [9.17, 15) is 19.0 Å². The van der Waals surface area contributed by atoms with Crippen LogP contribution in [0.4, 0.5) is 0 Å². The van der Waals surface area contributed by atoms with Gasteiger partial charge in [0.2, 0.25) is 0 Å². The summed E-state index contributed by atoms with van der Waals surface area (Å²) in [6, 6.07) is 0.